The molecule has 122 valence electrons. The molecule has 0 amide bonds. The molecule has 1 fully saturated rings. The average Bonchev–Trinajstić information content (AvgIpc) is 2.47. The van der Waals surface area contributed by atoms with Crippen molar-refractivity contribution in [2.75, 3.05) is 26.2 Å². The molecule has 7 heteroatoms. The summed E-state index contributed by atoms with van der Waals surface area (Å²) >= 11 is 0. The van der Waals surface area contributed by atoms with Gasteiger partial charge in [0.15, 0.2) is 0 Å². The highest BCUT2D eigenvalue weighted by Gasteiger charge is 2.19. The lowest BCUT2D eigenvalue weighted by Crippen LogP contribution is -2.40. The van der Waals surface area contributed by atoms with E-state index in [1.165, 1.54) is 0 Å². The van der Waals surface area contributed by atoms with Crippen molar-refractivity contribution in [1.82, 2.24) is 4.90 Å². The topological polar surface area (TPSA) is 75.8 Å². The van der Waals surface area contributed by atoms with Crippen LogP contribution in [-0.4, -0.2) is 47.3 Å². The molecule has 0 spiro atoms. The van der Waals surface area contributed by atoms with Crippen LogP contribution in [0.3, 0.4) is 0 Å². The first-order valence-corrected chi connectivity index (χ1v) is 7.42. The van der Waals surface area contributed by atoms with E-state index in [0.717, 1.165) is 50.0 Å². The SMILES string of the molecule is CC1CCN(CC(O)COc2cc(F)cc([N+](=O)[O-])c2)CC1. The predicted octanol–water partition coefficient (Wildman–Crippen LogP) is 2.21. The molecule has 0 bridgehead atoms. The van der Waals surface area contributed by atoms with Gasteiger partial charge in [0.05, 0.1) is 17.1 Å². The van der Waals surface area contributed by atoms with Crippen LogP contribution < -0.4 is 4.74 Å². The van der Waals surface area contributed by atoms with Crippen LogP contribution >= 0.6 is 0 Å². The largest absolute Gasteiger partial charge is 0.490 e. The molecule has 0 aromatic heterocycles. The van der Waals surface area contributed by atoms with E-state index in [9.17, 15) is 19.6 Å². The number of nitrogens with zero attached hydrogens (tertiary/aromatic N) is 2. The number of likely N-dealkylation sites (tertiary alicyclic amines) is 1. The summed E-state index contributed by atoms with van der Waals surface area (Å²) in [4.78, 5) is 12.1. The smallest absolute Gasteiger partial charge is 0.276 e. The Balaban J connectivity index is 1.83. The fourth-order valence-electron chi connectivity index (χ4n) is 2.52. The molecule has 6 nitrogen and oxygen atoms in total. The van der Waals surface area contributed by atoms with Gasteiger partial charge in [0.25, 0.3) is 5.69 Å². The zero-order valence-electron chi connectivity index (χ0n) is 12.6. The van der Waals surface area contributed by atoms with Crippen molar-refractivity contribution in [2.24, 2.45) is 5.92 Å². The quantitative estimate of drug-likeness (QED) is 0.644. The monoisotopic (exact) mass is 312 g/mol. The van der Waals surface area contributed by atoms with E-state index in [0.29, 0.717) is 6.54 Å². The van der Waals surface area contributed by atoms with Crippen molar-refractivity contribution >= 4 is 5.69 Å². The summed E-state index contributed by atoms with van der Waals surface area (Å²) < 4.78 is 18.5. The molecule has 1 aromatic carbocycles. The van der Waals surface area contributed by atoms with E-state index in [4.69, 9.17) is 4.74 Å². The number of ether oxygens (including phenoxy) is 1. The van der Waals surface area contributed by atoms with E-state index in [-0.39, 0.29) is 18.0 Å². The van der Waals surface area contributed by atoms with Crippen LogP contribution in [0.25, 0.3) is 0 Å². The number of nitro benzene ring substituents is 1. The van der Waals surface area contributed by atoms with Gasteiger partial charge in [-0.05, 0) is 31.8 Å². The van der Waals surface area contributed by atoms with Crippen molar-refractivity contribution in [3.63, 3.8) is 0 Å². The summed E-state index contributed by atoms with van der Waals surface area (Å²) in [5.41, 5.74) is -0.366. The Morgan fingerprint density at radius 3 is 2.77 bits per heavy atom. The Morgan fingerprint density at radius 1 is 1.45 bits per heavy atom. The maximum Gasteiger partial charge on any atom is 0.276 e. The third-order valence-corrected chi connectivity index (χ3v) is 3.85. The molecule has 1 aliphatic heterocycles. The van der Waals surface area contributed by atoms with Crippen LogP contribution in [0.2, 0.25) is 0 Å². The minimum atomic E-state index is -0.733. The van der Waals surface area contributed by atoms with Crippen molar-refractivity contribution in [3.05, 3.63) is 34.1 Å². The van der Waals surface area contributed by atoms with Gasteiger partial charge in [0.2, 0.25) is 0 Å². The van der Waals surface area contributed by atoms with Crippen LogP contribution in [0.1, 0.15) is 19.8 Å². The van der Waals surface area contributed by atoms with Crippen LogP contribution in [0.5, 0.6) is 5.75 Å². The number of rotatable bonds is 6. The van der Waals surface area contributed by atoms with Gasteiger partial charge < -0.3 is 14.7 Å². The summed E-state index contributed by atoms with van der Waals surface area (Å²) in [7, 11) is 0. The molecule has 2 rings (SSSR count). The molecule has 1 atom stereocenters. The maximum atomic E-state index is 13.3. The maximum absolute atomic E-state index is 13.3. The van der Waals surface area contributed by atoms with Crippen LogP contribution in [0.4, 0.5) is 10.1 Å². The number of hydrogen-bond donors (Lipinski definition) is 1. The van der Waals surface area contributed by atoms with Gasteiger partial charge >= 0.3 is 0 Å². The summed E-state index contributed by atoms with van der Waals surface area (Å²) in [6.07, 6.45) is 1.52. The number of halogens is 1. The van der Waals surface area contributed by atoms with Crippen molar-refractivity contribution < 1.29 is 19.2 Å². The molecule has 1 unspecified atom stereocenters. The van der Waals surface area contributed by atoms with Gasteiger partial charge in [-0.25, -0.2) is 4.39 Å². The zero-order valence-corrected chi connectivity index (χ0v) is 12.6. The fraction of sp³-hybridized carbons (Fsp3) is 0.600. The second kappa shape index (κ2) is 7.51. The number of nitro groups is 1. The number of non-ortho nitro benzene ring substituents is 1. The summed E-state index contributed by atoms with van der Waals surface area (Å²) in [5.74, 6) is 0.0409. The molecule has 0 radical (unpaired) electrons. The fourth-order valence-corrected chi connectivity index (χ4v) is 2.52. The first-order chi connectivity index (χ1) is 10.4. The van der Waals surface area contributed by atoms with Gasteiger partial charge in [-0.1, -0.05) is 6.92 Å². The highest BCUT2D eigenvalue weighted by atomic mass is 19.1. The van der Waals surface area contributed by atoms with Gasteiger partial charge in [-0.2, -0.15) is 0 Å². The Hall–Kier alpha value is -1.73. The van der Waals surface area contributed by atoms with E-state index >= 15 is 0 Å². The highest BCUT2D eigenvalue weighted by Crippen LogP contribution is 2.22. The second-order valence-electron chi connectivity index (χ2n) is 5.85. The van der Waals surface area contributed by atoms with Gasteiger partial charge in [0.1, 0.15) is 24.3 Å². The van der Waals surface area contributed by atoms with E-state index in [1.807, 2.05) is 0 Å². The summed E-state index contributed by atoms with van der Waals surface area (Å²) in [5, 5.41) is 20.6. The molecule has 1 aromatic rings. The van der Waals surface area contributed by atoms with Crippen LogP contribution in [0, 0.1) is 21.8 Å². The summed E-state index contributed by atoms with van der Waals surface area (Å²) in [6.45, 7) is 4.58. The number of piperidine rings is 1. The molecular formula is C15H21FN2O4. The molecule has 1 N–H and O–H groups in total. The molecule has 0 saturated carbocycles. The van der Waals surface area contributed by atoms with E-state index < -0.39 is 16.8 Å². The van der Waals surface area contributed by atoms with Crippen molar-refractivity contribution in [3.8, 4) is 5.75 Å². The third-order valence-electron chi connectivity index (χ3n) is 3.85. The minimum Gasteiger partial charge on any atom is -0.490 e. The van der Waals surface area contributed by atoms with Gasteiger partial charge in [-0.3, -0.25) is 10.1 Å². The lowest BCUT2D eigenvalue weighted by Gasteiger charge is -2.31. The number of benzene rings is 1. The number of aliphatic hydroxyl groups is 1. The Kier molecular flexibility index (Phi) is 5.68. The second-order valence-corrected chi connectivity index (χ2v) is 5.85. The minimum absolute atomic E-state index is 0.0212. The molecule has 22 heavy (non-hydrogen) atoms. The Bertz CT molecular complexity index is 518. The van der Waals surface area contributed by atoms with Crippen LogP contribution in [-0.2, 0) is 0 Å². The highest BCUT2D eigenvalue weighted by molar-refractivity contribution is 5.38. The number of β-amino-alcohol motifs (C(OH)–C–C–N with tert-alkyl or cyclic N) is 1. The number of hydrogen-bond acceptors (Lipinski definition) is 5. The molecule has 1 aliphatic rings. The first kappa shape index (κ1) is 16.6. The van der Waals surface area contributed by atoms with Crippen LogP contribution in [0.15, 0.2) is 18.2 Å². The zero-order chi connectivity index (χ0) is 16.1. The van der Waals surface area contributed by atoms with Gasteiger partial charge in [-0.15, -0.1) is 0 Å². The Labute approximate surface area is 128 Å². The molecule has 1 heterocycles. The predicted molar refractivity (Wildman–Crippen MR) is 79.4 cm³/mol. The average molecular weight is 312 g/mol. The van der Waals surface area contributed by atoms with E-state index in [2.05, 4.69) is 11.8 Å². The number of aliphatic hydroxyl groups excluding tert-OH is 1. The van der Waals surface area contributed by atoms with Crippen molar-refractivity contribution in [2.45, 2.75) is 25.9 Å². The standard InChI is InChI=1S/C15H21FN2O4/c1-11-2-4-17(5-3-11)9-14(19)10-22-15-7-12(16)6-13(8-15)18(20)21/h6-8,11,14,19H,2-5,9-10H2,1H3. The Morgan fingerprint density at radius 2 is 2.14 bits per heavy atom. The lowest BCUT2D eigenvalue weighted by atomic mass is 9.99. The lowest BCUT2D eigenvalue weighted by molar-refractivity contribution is -0.385. The normalized spacial score (nSPS) is 18.1. The summed E-state index contributed by atoms with van der Waals surface area (Å²) in [6, 6.07) is 3.05. The van der Waals surface area contributed by atoms with E-state index in [1.54, 1.807) is 0 Å². The molecular weight excluding hydrogens is 291 g/mol. The molecule has 0 aliphatic carbocycles. The molecule has 1 saturated heterocycles. The van der Waals surface area contributed by atoms with Crippen molar-refractivity contribution in [1.29, 1.82) is 0 Å². The third kappa shape index (κ3) is 4.92. The first-order valence-electron chi connectivity index (χ1n) is 7.42. The van der Waals surface area contributed by atoms with Gasteiger partial charge in [0, 0.05) is 12.6 Å².